The lowest BCUT2D eigenvalue weighted by molar-refractivity contribution is 0.0955. The molecule has 0 amide bonds. The molecule has 2 aliphatic rings. The van der Waals surface area contributed by atoms with E-state index in [0.29, 0.717) is 9.90 Å². The van der Waals surface area contributed by atoms with Gasteiger partial charge < -0.3 is 4.90 Å². The van der Waals surface area contributed by atoms with E-state index in [1.54, 1.807) is 18.2 Å². The maximum Gasteiger partial charge on any atom is 0.195 e. The molecule has 3 atom stereocenters. The first-order valence-corrected chi connectivity index (χ1v) is 11.1. The molecule has 6 heteroatoms. The number of Topliss-reactive ketones (excluding diaryl/α,β-unsaturated/α-hetero) is 1. The number of fused-ring (bicyclic) bond motifs is 3. The minimum Gasteiger partial charge on any atom is -0.351 e. The molecule has 1 saturated heterocycles. The predicted octanol–water partition coefficient (Wildman–Crippen LogP) is 5.69. The zero-order valence-corrected chi connectivity index (χ0v) is 17.8. The second kappa shape index (κ2) is 7.39. The molecular weight excluding hydrogens is 426 g/mol. The van der Waals surface area contributed by atoms with E-state index in [4.69, 9.17) is 11.6 Å². The highest BCUT2D eigenvalue weighted by Gasteiger charge is 2.63. The van der Waals surface area contributed by atoms with Gasteiger partial charge in [-0.2, -0.15) is 10.5 Å². The van der Waals surface area contributed by atoms with Crippen LogP contribution in [0.4, 0.5) is 5.69 Å². The zero-order valence-electron chi connectivity index (χ0n) is 16.3. The van der Waals surface area contributed by atoms with Crippen molar-refractivity contribution in [2.24, 2.45) is 5.41 Å². The van der Waals surface area contributed by atoms with Crippen LogP contribution in [0.5, 0.6) is 0 Å². The Bertz CT molecular complexity index is 1250. The van der Waals surface area contributed by atoms with Crippen LogP contribution in [0.15, 0.2) is 72.1 Å². The summed E-state index contributed by atoms with van der Waals surface area (Å²) in [6, 6.07) is 21.9. The number of carbonyl (C=O) groups is 1. The molecule has 3 aromatic rings. The maximum atomic E-state index is 13.8. The van der Waals surface area contributed by atoms with Crippen molar-refractivity contribution in [1.82, 2.24) is 0 Å². The third-order valence-electron chi connectivity index (χ3n) is 6.18. The number of carbonyl (C=O) groups excluding carboxylic acids is 1. The summed E-state index contributed by atoms with van der Waals surface area (Å²) in [5.74, 6) is -0.729. The fourth-order valence-electron chi connectivity index (χ4n) is 4.84. The van der Waals surface area contributed by atoms with Crippen molar-refractivity contribution in [2.45, 2.75) is 18.0 Å². The van der Waals surface area contributed by atoms with E-state index in [0.717, 1.165) is 16.8 Å². The van der Waals surface area contributed by atoms with Gasteiger partial charge >= 0.3 is 0 Å². The smallest absolute Gasteiger partial charge is 0.195 e. The molecule has 0 bridgehead atoms. The zero-order chi connectivity index (χ0) is 21.6. The molecule has 0 spiro atoms. The molecule has 5 rings (SSSR count). The number of hydrogen-bond donors (Lipinski definition) is 0. The first-order chi connectivity index (χ1) is 15.1. The highest BCUT2D eigenvalue weighted by atomic mass is 35.5. The van der Waals surface area contributed by atoms with Crippen molar-refractivity contribution < 1.29 is 4.79 Å². The van der Waals surface area contributed by atoms with Crippen LogP contribution in [0, 0.1) is 28.1 Å². The first-order valence-electron chi connectivity index (χ1n) is 9.82. The van der Waals surface area contributed by atoms with Crippen molar-refractivity contribution in [3.8, 4) is 12.1 Å². The lowest BCUT2D eigenvalue weighted by atomic mass is 9.69. The molecule has 0 saturated carbocycles. The second-order valence-electron chi connectivity index (χ2n) is 7.68. The van der Waals surface area contributed by atoms with Gasteiger partial charge in [0, 0.05) is 16.6 Å². The molecule has 0 N–H and O–H groups in total. The van der Waals surface area contributed by atoms with Crippen molar-refractivity contribution in [2.75, 3.05) is 4.90 Å². The highest BCUT2D eigenvalue weighted by molar-refractivity contribution is 7.12. The second-order valence-corrected chi connectivity index (χ2v) is 9.06. The van der Waals surface area contributed by atoms with Crippen molar-refractivity contribution in [3.05, 3.63) is 93.1 Å². The Hall–Kier alpha value is -3.38. The average molecular weight is 442 g/mol. The molecule has 2 aromatic carbocycles. The van der Waals surface area contributed by atoms with E-state index in [9.17, 15) is 15.3 Å². The summed E-state index contributed by atoms with van der Waals surface area (Å²) in [6.45, 7) is 0. The van der Waals surface area contributed by atoms with Crippen LogP contribution in [0.2, 0.25) is 5.02 Å². The number of nitriles is 2. The third-order valence-corrected chi connectivity index (χ3v) is 7.31. The normalized spacial score (nSPS) is 22.8. The van der Waals surface area contributed by atoms with Crippen LogP contribution in [0.25, 0.3) is 6.08 Å². The Morgan fingerprint density at radius 3 is 2.45 bits per heavy atom. The van der Waals surface area contributed by atoms with Crippen LogP contribution in [-0.2, 0) is 0 Å². The van der Waals surface area contributed by atoms with Gasteiger partial charge in [-0.3, -0.25) is 4.79 Å². The van der Waals surface area contributed by atoms with Gasteiger partial charge in [0.05, 0.1) is 23.1 Å². The van der Waals surface area contributed by atoms with Crippen LogP contribution in [0.1, 0.15) is 26.7 Å². The molecule has 4 nitrogen and oxygen atoms in total. The van der Waals surface area contributed by atoms with Gasteiger partial charge in [-0.25, -0.2) is 0 Å². The predicted molar refractivity (Wildman–Crippen MR) is 122 cm³/mol. The fourth-order valence-corrected chi connectivity index (χ4v) is 5.67. The lowest BCUT2D eigenvalue weighted by Gasteiger charge is -2.35. The van der Waals surface area contributed by atoms with E-state index in [-0.39, 0.29) is 5.78 Å². The Balaban J connectivity index is 1.79. The van der Waals surface area contributed by atoms with E-state index in [1.807, 2.05) is 64.9 Å². The third kappa shape index (κ3) is 2.82. The highest BCUT2D eigenvalue weighted by Crippen LogP contribution is 2.55. The number of benzene rings is 2. The number of ketones is 1. The molecule has 31 heavy (non-hydrogen) atoms. The minimum absolute atomic E-state index is 0.0857. The number of halogens is 1. The summed E-state index contributed by atoms with van der Waals surface area (Å²) >= 11 is 7.48. The van der Waals surface area contributed by atoms with Gasteiger partial charge in [-0.05, 0) is 40.8 Å². The number of rotatable bonds is 3. The molecule has 0 aliphatic carbocycles. The molecular formula is C25H16ClN3OS. The van der Waals surface area contributed by atoms with E-state index in [2.05, 4.69) is 12.1 Å². The average Bonchev–Trinajstić information content (AvgIpc) is 3.44. The maximum absolute atomic E-state index is 13.8. The molecule has 2 aliphatic heterocycles. The molecule has 3 unspecified atom stereocenters. The quantitative estimate of drug-likeness (QED) is 0.490. The molecule has 0 radical (unpaired) electrons. The van der Waals surface area contributed by atoms with Crippen LogP contribution in [0.3, 0.4) is 0 Å². The van der Waals surface area contributed by atoms with Crippen LogP contribution >= 0.6 is 22.9 Å². The summed E-state index contributed by atoms with van der Waals surface area (Å²) < 4.78 is 0. The number of anilines is 1. The summed E-state index contributed by atoms with van der Waals surface area (Å²) in [5, 5.41) is 23.1. The van der Waals surface area contributed by atoms with Gasteiger partial charge in [-0.15, -0.1) is 11.3 Å². The summed E-state index contributed by atoms with van der Waals surface area (Å²) in [7, 11) is 0. The van der Waals surface area contributed by atoms with Gasteiger partial charge in [0.1, 0.15) is 6.04 Å². The first kappa shape index (κ1) is 19.6. The Morgan fingerprint density at radius 2 is 1.77 bits per heavy atom. The number of thiophene rings is 1. The standard InChI is InChI=1S/C25H16ClN3OS/c26-18-10-7-17(8-11-18)22-23(24(30)20-6-3-13-31-20)29-19-5-2-1-4-16(19)9-12-21(29)25(22,14-27)15-28/h1-13,21-23H. The van der Waals surface area contributed by atoms with Gasteiger partial charge in [-0.1, -0.05) is 60.2 Å². The molecule has 1 aromatic heterocycles. The van der Waals surface area contributed by atoms with E-state index in [1.165, 1.54) is 11.3 Å². The van der Waals surface area contributed by atoms with Gasteiger partial charge in [0.25, 0.3) is 0 Å². The summed E-state index contributed by atoms with van der Waals surface area (Å²) in [6.07, 6.45) is 3.83. The Labute approximate surface area is 189 Å². The lowest BCUT2D eigenvalue weighted by Crippen LogP contribution is -2.44. The van der Waals surface area contributed by atoms with Crippen molar-refractivity contribution in [1.29, 1.82) is 10.5 Å². The Morgan fingerprint density at radius 1 is 1.03 bits per heavy atom. The molecule has 150 valence electrons. The van der Waals surface area contributed by atoms with Crippen molar-refractivity contribution >= 4 is 40.5 Å². The topological polar surface area (TPSA) is 67.9 Å². The molecule has 3 heterocycles. The fraction of sp³-hybridized carbons (Fsp3) is 0.160. The summed E-state index contributed by atoms with van der Waals surface area (Å²) in [4.78, 5) is 16.4. The van der Waals surface area contributed by atoms with E-state index >= 15 is 0 Å². The SMILES string of the molecule is N#CC1(C#N)C(c2ccc(Cl)cc2)C(C(=O)c2cccs2)N2c3ccccc3C=CC21. The minimum atomic E-state index is -1.44. The van der Waals surface area contributed by atoms with Gasteiger partial charge in [0.2, 0.25) is 0 Å². The summed E-state index contributed by atoms with van der Waals surface area (Å²) in [5.41, 5.74) is 1.14. The number of hydrogen-bond acceptors (Lipinski definition) is 5. The Kier molecular flexibility index (Phi) is 4.67. The number of nitrogens with zero attached hydrogens (tertiary/aromatic N) is 3. The van der Waals surface area contributed by atoms with E-state index < -0.39 is 23.4 Å². The largest absolute Gasteiger partial charge is 0.351 e. The number of para-hydroxylation sites is 1. The van der Waals surface area contributed by atoms with Gasteiger partial charge in [0.15, 0.2) is 11.2 Å². The van der Waals surface area contributed by atoms with Crippen LogP contribution in [-0.4, -0.2) is 17.9 Å². The molecule has 1 fully saturated rings. The van der Waals surface area contributed by atoms with Crippen LogP contribution < -0.4 is 4.90 Å². The van der Waals surface area contributed by atoms with Crippen molar-refractivity contribution in [3.63, 3.8) is 0 Å². The monoisotopic (exact) mass is 441 g/mol.